The van der Waals surface area contributed by atoms with Gasteiger partial charge in [0.15, 0.2) is 0 Å². The molecular weight excluding hydrogens is 434 g/mol. The average Bonchev–Trinajstić information content (AvgIpc) is 2.69. The van der Waals surface area contributed by atoms with E-state index in [-0.39, 0.29) is 17.9 Å². The minimum atomic E-state index is 0.0250. The molecule has 0 aliphatic carbocycles. The molecular formula is C24H23BrClNO. The van der Waals surface area contributed by atoms with E-state index in [1.54, 1.807) is 0 Å². The van der Waals surface area contributed by atoms with Crippen LogP contribution in [-0.2, 0) is 11.2 Å². The molecule has 0 radical (unpaired) electrons. The Morgan fingerprint density at radius 2 is 1.54 bits per heavy atom. The lowest BCUT2D eigenvalue weighted by molar-refractivity contribution is -0.121. The fourth-order valence-electron chi connectivity index (χ4n) is 3.35. The number of hydrogen-bond donors (Lipinski definition) is 1. The Kier molecular flexibility index (Phi) is 7.30. The van der Waals surface area contributed by atoms with Gasteiger partial charge in [-0.25, -0.2) is 0 Å². The number of carbonyl (C=O) groups excluding carboxylic acids is 1. The number of nitrogens with one attached hydrogen (secondary N) is 1. The molecule has 0 aromatic heterocycles. The monoisotopic (exact) mass is 455 g/mol. The van der Waals surface area contributed by atoms with Crippen LogP contribution in [-0.4, -0.2) is 11.9 Å². The van der Waals surface area contributed by atoms with E-state index in [1.165, 1.54) is 0 Å². The van der Waals surface area contributed by atoms with Crippen molar-refractivity contribution in [2.75, 3.05) is 0 Å². The van der Waals surface area contributed by atoms with Gasteiger partial charge in [0.05, 0.1) is 0 Å². The smallest absolute Gasteiger partial charge is 0.221 e. The molecule has 3 aromatic carbocycles. The molecule has 0 spiro atoms. The van der Waals surface area contributed by atoms with Crippen LogP contribution in [0, 0.1) is 0 Å². The summed E-state index contributed by atoms with van der Waals surface area (Å²) in [7, 11) is 0. The fraction of sp³-hybridized carbons (Fsp3) is 0.208. The first-order valence-corrected chi connectivity index (χ1v) is 10.5. The van der Waals surface area contributed by atoms with Crippen LogP contribution in [0.25, 0.3) is 0 Å². The molecule has 28 heavy (non-hydrogen) atoms. The van der Waals surface area contributed by atoms with Crippen LogP contribution in [0.2, 0.25) is 5.02 Å². The Hall–Kier alpha value is -2.10. The second-order valence-corrected chi connectivity index (χ2v) is 8.37. The van der Waals surface area contributed by atoms with Crippen LogP contribution in [0.1, 0.15) is 36.0 Å². The summed E-state index contributed by atoms with van der Waals surface area (Å²) in [6, 6.07) is 26.2. The van der Waals surface area contributed by atoms with Crippen LogP contribution in [0.5, 0.6) is 0 Å². The molecule has 3 rings (SSSR count). The van der Waals surface area contributed by atoms with E-state index in [9.17, 15) is 4.79 Å². The van der Waals surface area contributed by atoms with E-state index in [0.29, 0.717) is 6.42 Å². The molecule has 0 saturated heterocycles. The van der Waals surface area contributed by atoms with Crippen LogP contribution in [0.15, 0.2) is 83.3 Å². The third kappa shape index (κ3) is 5.95. The zero-order valence-electron chi connectivity index (χ0n) is 15.7. The van der Waals surface area contributed by atoms with Gasteiger partial charge in [0.1, 0.15) is 0 Å². The van der Waals surface area contributed by atoms with Gasteiger partial charge in [0, 0.05) is 27.9 Å². The third-order valence-electron chi connectivity index (χ3n) is 4.73. The highest BCUT2D eigenvalue weighted by molar-refractivity contribution is 9.10. The van der Waals surface area contributed by atoms with Crippen molar-refractivity contribution in [3.8, 4) is 0 Å². The Morgan fingerprint density at radius 3 is 2.18 bits per heavy atom. The van der Waals surface area contributed by atoms with Gasteiger partial charge in [0.25, 0.3) is 0 Å². The van der Waals surface area contributed by atoms with Crippen molar-refractivity contribution in [2.24, 2.45) is 0 Å². The van der Waals surface area contributed by atoms with Crippen LogP contribution >= 0.6 is 27.5 Å². The lowest BCUT2D eigenvalue weighted by Gasteiger charge is -2.20. The summed E-state index contributed by atoms with van der Waals surface area (Å²) in [4.78, 5) is 12.8. The van der Waals surface area contributed by atoms with Crippen molar-refractivity contribution in [3.63, 3.8) is 0 Å². The van der Waals surface area contributed by atoms with E-state index in [2.05, 4.69) is 45.5 Å². The molecule has 0 heterocycles. The Labute approximate surface area is 180 Å². The number of carbonyl (C=O) groups is 1. The van der Waals surface area contributed by atoms with Crippen molar-refractivity contribution in [1.29, 1.82) is 0 Å². The molecule has 2 nitrogen and oxygen atoms in total. The summed E-state index contributed by atoms with van der Waals surface area (Å²) in [6.07, 6.45) is 1.19. The summed E-state index contributed by atoms with van der Waals surface area (Å²) in [6.45, 7) is 2.03. The topological polar surface area (TPSA) is 29.1 Å². The van der Waals surface area contributed by atoms with E-state index in [1.807, 2.05) is 61.5 Å². The Balaban J connectivity index is 1.68. The number of amides is 1. The summed E-state index contributed by atoms with van der Waals surface area (Å²) >= 11 is 9.43. The van der Waals surface area contributed by atoms with Crippen molar-refractivity contribution in [2.45, 2.75) is 31.7 Å². The average molecular weight is 457 g/mol. The minimum absolute atomic E-state index is 0.0250. The first kappa shape index (κ1) is 20.6. The molecule has 1 amide bonds. The molecule has 1 N–H and O–H groups in total. The second-order valence-electron chi connectivity index (χ2n) is 7.02. The molecule has 2 atom stereocenters. The standard InChI is InChI=1S/C24H23BrClNO/c1-17(15-18-7-13-22(26)14-8-18)27-24(28)16-23(19-5-3-2-4-6-19)20-9-11-21(25)12-10-20/h2-14,17,23H,15-16H2,1H3,(H,27,28). The molecule has 144 valence electrons. The highest BCUT2D eigenvalue weighted by atomic mass is 79.9. The van der Waals surface area contributed by atoms with Gasteiger partial charge in [-0.05, 0) is 54.3 Å². The van der Waals surface area contributed by atoms with Crippen molar-refractivity contribution < 1.29 is 4.79 Å². The maximum atomic E-state index is 12.8. The SMILES string of the molecule is CC(Cc1ccc(Cl)cc1)NC(=O)CC(c1ccccc1)c1ccc(Br)cc1. The van der Waals surface area contributed by atoms with Crippen LogP contribution < -0.4 is 5.32 Å². The molecule has 0 saturated carbocycles. The van der Waals surface area contributed by atoms with Gasteiger partial charge >= 0.3 is 0 Å². The quantitative estimate of drug-likeness (QED) is 0.439. The number of benzene rings is 3. The Bertz CT molecular complexity index is 894. The van der Waals surface area contributed by atoms with Crippen molar-refractivity contribution in [1.82, 2.24) is 5.32 Å². The molecule has 0 fully saturated rings. The van der Waals surface area contributed by atoms with E-state index in [0.717, 1.165) is 32.6 Å². The maximum Gasteiger partial charge on any atom is 0.221 e. The van der Waals surface area contributed by atoms with Gasteiger partial charge in [-0.1, -0.05) is 82.1 Å². The van der Waals surface area contributed by atoms with E-state index >= 15 is 0 Å². The van der Waals surface area contributed by atoms with Crippen molar-refractivity contribution in [3.05, 3.63) is 105 Å². The lowest BCUT2D eigenvalue weighted by atomic mass is 9.88. The zero-order chi connectivity index (χ0) is 19.9. The summed E-state index contributed by atoms with van der Waals surface area (Å²) in [5.41, 5.74) is 3.44. The highest BCUT2D eigenvalue weighted by Gasteiger charge is 2.19. The predicted molar refractivity (Wildman–Crippen MR) is 120 cm³/mol. The minimum Gasteiger partial charge on any atom is -0.353 e. The number of rotatable bonds is 7. The third-order valence-corrected chi connectivity index (χ3v) is 5.51. The highest BCUT2D eigenvalue weighted by Crippen LogP contribution is 2.29. The first-order valence-electron chi connectivity index (χ1n) is 9.35. The fourth-order valence-corrected chi connectivity index (χ4v) is 3.74. The molecule has 0 bridgehead atoms. The van der Waals surface area contributed by atoms with Gasteiger partial charge in [-0.2, -0.15) is 0 Å². The molecule has 2 unspecified atom stereocenters. The number of hydrogen-bond acceptors (Lipinski definition) is 1. The normalized spacial score (nSPS) is 13.0. The van der Waals surface area contributed by atoms with Crippen LogP contribution in [0.4, 0.5) is 0 Å². The summed E-state index contributed by atoms with van der Waals surface area (Å²) in [5.74, 6) is 0.0790. The number of halogens is 2. The molecule has 3 aromatic rings. The maximum absolute atomic E-state index is 12.8. The summed E-state index contributed by atoms with van der Waals surface area (Å²) in [5, 5.41) is 3.87. The predicted octanol–water partition coefficient (Wildman–Crippen LogP) is 6.37. The second kappa shape index (κ2) is 9.90. The van der Waals surface area contributed by atoms with E-state index in [4.69, 9.17) is 11.6 Å². The first-order chi connectivity index (χ1) is 13.5. The molecule has 0 aliphatic heterocycles. The summed E-state index contributed by atoms with van der Waals surface area (Å²) < 4.78 is 1.03. The van der Waals surface area contributed by atoms with Gasteiger partial charge < -0.3 is 5.32 Å². The van der Waals surface area contributed by atoms with Gasteiger partial charge in [-0.15, -0.1) is 0 Å². The largest absolute Gasteiger partial charge is 0.353 e. The van der Waals surface area contributed by atoms with Gasteiger partial charge in [-0.3, -0.25) is 4.79 Å². The molecule has 0 aliphatic rings. The molecule has 4 heteroatoms. The van der Waals surface area contributed by atoms with Crippen LogP contribution in [0.3, 0.4) is 0 Å². The zero-order valence-corrected chi connectivity index (χ0v) is 18.1. The van der Waals surface area contributed by atoms with E-state index < -0.39 is 0 Å². The van der Waals surface area contributed by atoms with Gasteiger partial charge in [0.2, 0.25) is 5.91 Å². The Morgan fingerprint density at radius 1 is 0.929 bits per heavy atom. The lowest BCUT2D eigenvalue weighted by Crippen LogP contribution is -2.35. The van der Waals surface area contributed by atoms with Crippen molar-refractivity contribution >= 4 is 33.4 Å².